The van der Waals surface area contributed by atoms with E-state index in [1.165, 1.54) is 0 Å². The van der Waals surface area contributed by atoms with Crippen LogP contribution in [-0.4, -0.2) is 36.8 Å². The van der Waals surface area contributed by atoms with E-state index in [2.05, 4.69) is 16.5 Å². The first-order valence-electron chi connectivity index (χ1n) is 5.43. The Balaban J connectivity index is 2.17. The van der Waals surface area contributed by atoms with Gasteiger partial charge < -0.3 is 14.2 Å². The number of hydrogen-bond acceptors (Lipinski definition) is 5. The van der Waals surface area contributed by atoms with Crippen molar-refractivity contribution in [2.75, 3.05) is 19.0 Å². The second kappa shape index (κ2) is 4.03. The van der Waals surface area contributed by atoms with Crippen LogP contribution < -0.4 is 10.4 Å². The molecule has 1 fully saturated rings. The van der Waals surface area contributed by atoms with E-state index in [1.807, 2.05) is 32.8 Å². The number of aromatic nitrogens is 2. The lowest BCUT2D eigenvalue weighted by molar-refractivity contribution is 0.173. The van der Waals surface area contributed by atoms with E-state index in [0.29, 0.717) is 11.7 Å². The van der Waals surface area contributed by atoms with Crippen molar-refractivity contribution in [2.45, 2.75) is 19.4 Å². The smallest absolute Gasteiger partial charge is 0.534 e. The van der Waals surface area contributed by atoms with E-state index in [0.717, 1.165) is 5.46 Å². The molecular formula is C11H16BN3O2. The topological polar surface area (TPSA) is 47.5 Å². The molecule has 0 aromatic carbocycles. The van der Waals surface area contributed by atoms with Crippen LogP contribution in [0.2, 0.25) is 0 Å². The zero-order chi connectivity index (χ0) is 12.6. The molecule has 0 saturated carbocycles. The molecular weight excluding hydrogens is 217 g/mol. The Morgan fingerprint density at radius 2 is 1.88 bits per heavy atom. The van der Waals surface area contributed by atoms with Crippen LogP contribution in [0.25, 0.3) is 0 Å². The average molecular weight is 233 g/mol. The highest BCUT2D eigenvalue weighted by molar-refractivity contribution is 6.62. The lowest BCUT2D eigenvalue weighted by Crippen LogP contribution is -2.35. The van der Waals surface area contributed by atoms with Crippen molar-refractivity contribution in [1.82, 2.24) is 9.97 Å². The quantitative estimate of drug-likeness (QED) is 0.699. The van der Waals surface area contributed by atoms with Gasteiger partial charge in [-0.1, -0.05) is 6.58 Å². The molecule has 0 radical (unpaired) electrons. The molecule has 0 amide bonds. The molecule has 1 aliphatic rings. The number of nitrogens with zero attached hydrogens (tertiary/aromatic N) is 3. The molecule has 17 heavy (non-hydrogen) atoms. The zero-order valence-corrected chi connectivity index (χ0v) is 10.6. The van der Waals surface area contributed by atoms with Crippen molar-refractivity contribution in [1.29, 1.82) is 0 Å². The molecule has 5 nitrogen and oxygen atoms in total. The van der Waals surface area contributed by atoms with Gasteiger partial charge in [0.1, 0.15) is 5.60 Å². The summed E-state index contributed by atoms with van der Waals surface area (Å²) in [7, 11) is 3.32. The standard InChI is InChI=1S/C11H16BN3O2/c1-8-11(2,3)17-12(16-8)9-6-13-10(14-7-9)15(4)5/h6-7H,1H2,2-5H3. The van der Waals surface area contributed by atoms with Crippen molar-refractivity contribution >= 4 is 18.5 Å². The molecule has 0 bridgehead atoms. The third-order valence-electron chi connectivity index (χ3n) is 2.65. The van der Waals surface area contributed by atoms with Crippen molar-refractivity contribution in [3.63, 3.8) is 0 Å². The van der Waals surface area contributed by atoms with E-state index in [1.54, 1.807) is 12.4 Å². The van der Waals surface area contributed by atoms with E-state index in [4.69, 9.17) is 9.31 Å². The van der Waals surface area contributed by atoms with Crippen molar-refractivity contribution in [3.05, 3.63) is 24.7 Å². The summed E-state index contributed by atoms with van der Waals surface area (Å²) < 4.78 is 11.3. The molecule has 0 unspecified atom stereocenters. The molecule has 6 heteroatoms. The first-order chi connectivity index (χ1) is 7.90. The van der Waals surface area contributed by atoms with Gasteiger partial charge in [-0.2, -0.15) is 0 Å². The van der Waals surface area contributed by atoms with Gasteiger partial charge in [0.05, 0.1) is 5.76 Å². The molecule has 1 aliphatic heterocycles. The van der Waals surface area contributed by atoms with Gasteiger partial charge in [0.15, 0.2) is 0 Å². The summed E-state index contributed by atoms with van der Waals surface area (Å²) in [4.78, 5) is 10.3. The Morgan fingerprint density at radius 1 is 1.29 bits per heavy atom. The van der Waals surface area contributed by atoms with Crippen LogP contribution in [-0.2, 0) is 9.31 Å². The third-order valence-corrected chi connectivity index (χ3v) is 2.65. The maximum Gasteiger partial charge on any atom is 0.566 e. The molecule has 1 saturated heterocycles. The largest absolute Gasteiger partial charge is 0.566 e. The second-order valence-corrected chi connectivity index (χ2v) is 4.71. The third kappa shape index (κ3) is 2.26. The highest BCUT2D eigenvalue weighted by atomic mass is 16.7. The number of hydrogen-bond donors (Lipinski definition) is 0. The maximum absolute atomic E-state index is 5.73. The van der Waals surface area contributed by atoms with Crippen LogP contribution in [0, 0.1) is 0 Å². The zero-order valence-electron chi connectivity index (χ0n) is 10.6. The highest BCUT2D eigenvalue weighted by Crippen LogP contribution is 2.28. The van der Waals surface area contributed by atoms with Crippen LogP contribution in [0.15, 0.2) is 24.7 Å². The van der Waals surface area contributed by atoms with Gasteiger partial charge in [-0.05, 0) is 13.8 Å². The van der Waals surface area contributed by atoms with Crippen LogP contribution in [0.5, 0.6) is 0 Å². The van der Waals surface area contributed by atoms with Crippen LogP contribution in [0.3, 0.4) is 0 Å². The van der Waals surface area contributed by atoms with Gasteiger partial charge in [-0.25, -0.2) is 9.97 Å². The first-order valence-corrected chi connectivity index (χ1v) is 5.43. The van der Waals surface area contributed by atoms with E-state index in [-0.39, 0.29) is 0 Å². The normalized spacial score (nSPS) is 18.1. The Hall–Kier alpha value is -1.56. The summed E-state index contributed by atoms with van der Waals surface area (Å²) in [5.41, 5.74) is 0.326. The fourth-order valence-electron chi connectivity index (χ4n) is 1.45. The van der Waals surface area contributed by atoms with Crippen LogP contribution in [0.1, 0.15) is 13.8 Å². The molecule has 90 valence electrons. The number of anilines is 1. The lowest BCUT2D eigenvalue weighted by Gasteiger charge is -2.15. The molecule has 2 rings (SSSR count). The van der Waals surface area contributed by atoms with Crippen LogP contribution in [0.4, 0.5) is 5.95 Å². The second-order valence-electron chi connectivity index (χ2n) is 4.71. The monoisotopic (exact) mass is 233 g/mol. The fourth-order valence-corrected chi connectivity index (χ4v) is 1.45. The summed E-state index contributed by atoms with van der Waals surface area (Å²) in [6.45, 7) is 7.67. The lowest BCUT2D eigenvalue weighted by atomic mass is 9.81. The van der Waals surface area contributed by atoms with Crippen molar-refractivity contribution in [3.8, 4) is 0 Å². The Morgan fingerprint density at radius 3 is 2.29 bits per heavy atom. The minimum Gasteiger partial charge on any atom is -0.534 e. The summed E-state index contributed by atoms with van der Waals surface area (Å²) in [5, 5.41) is 0. The van der Waals surface area contributed by atoms with Crippen LogP contribution >= 0.6 is 0 Å². The van der Waals surface area contributed by atoms with E-state index in [9.17, 15) is 0 Å². The SMILES string of the molecule is C=C1OB(c2cnc(N(C)C)nc2)OC1(C)C. The number of rotatable bonds is 2. The van der Waals surface area contributed by atoms with Gasteiger partial charge in [0, 0.05) is 32.0 Å². The Bertz CT molecular complexity index is 431. The van der Waals surface area contributed by atoms with Crippen molar-refractivity contribution < 1.29 is 9.31 Å². The van der Waals surface area contributed by atoms with Gasteiger partial charge in [-0.15, -0.1) is 0 Å². The van der Waals surface area contributed by atoms with E-state index < -0.39 is 12.7 Å². The Labute approximate surface area is 102 Å². The Kier molecular flexibility index (Phi) is 2.83. The predicted molar refractivity (Wildman–Crippen MR) is 67.1 cm³/mol. The minimum absolute atomic E-state index is 0.464. The molecule has 0 atom stereocenters. The van der Waals surface area contributed by atoms with E-state index >= 15 is 0 Å². The van der Waals surface area contributed by atoms with Crippen molar-refractivity contribution in [2.24, 2.45) is 0 Å². The predicted octanol–water partition coefficient (Wildman–Crippen LogP) is 0.577. The minimum atomic E-state index is -0.467. The first kappa shape index (κ1) is 11.9. The fraction of sp³-hybridized carbons (Fsp3) is 0.455. The molecule has 0 spiro atoms. The maximum atomic E-state index is 5.73. The summed E-state index contributed by atoms with van der Waals surface area (Å²) in [5.74, 6) is 1.28. The van der Waals surface area contributed by atoms with Gasteiger partial charge in [-0.3, -0.25) is 0 Å². The molecule has 0 N–H and O–H groups in total. The molecule has 1 aromatic heterocycles. The van der Waals surface area contributed by atoms with Gasteiger partial charge in [0.25, 0.3) is 0 Å². The highest BCUT2D eigenvalue weighted by Gasteiger charge is 2.43. The molecule has 1 aromatic rings. The van der Waals surface area contributed by atoms with Gasteiger partial charge >= 0.3 is 7.12 Å². The average Bonchev–Trinajstić information content (AvgIpc) is 2.54. The summed E-state index contributed by atoms with van der Waals surface area (Å²) in [6, 6.07) is 0. The van der Waals surface area contributed by atoms with Gasteiger partial charge in [0.2, 0.25) is 5.95 Å². The molecule has 0 aliphatic carbocycles. The summed E-state index contributed by atoms with van der Waals surface area (Å²) >= 11 is 0. The summed E-state index contributed by atoms with van der Waals surface area (Å²) in [6.07, 6.45) is 3.42. The molecule has 2 heterocycles.